The summed E-state index contributed by atoms with van der Waals surface area (Å²) >= 11 is 1.38. The van der Waals surface area contributed by atoms with Gasteiger partial charge in [0.05, 0.1) is 36.7 Å². The van der Waals surface area contributed by atoms with Gasteiger partial charge >= 0.3 is 0 Å². The molecule has 0 saturated heterocycles. The van der Waals surface area contributed by atoms with Crippen molar-refractivity contribution in [3.8, 4) is 11.5 Å². The second kappa shape index (κ2) is 11.6. The lowest BCUT2D eigenvalue weighted by atomic mass is 9.89. The van der Waals surface area contributed by atoms with E-state index in [0.29, 0.717) is 41.6 Å². The molecule has 1 atom stereocenters. The van der Waals surface area contributed by atoms with E-state index in [1.54, 1.807) is 7.11 Å². The van der Waals surface area contributed by atoms with Crippen LogP contribution in [0.1, 0.15) is 58.2 Å². The smallest absolute Gasteiger partial charge is 0.267 e. The Hall–Kier alpha value is -3.72. The lowest BCUT2D eigenvalue weighted by Crippen LogP contribution is -2.36. The van der Waals surface area contributed by atoms with Crippen molar-refractivity contribution in [1.82, 2.24) is 9.99 Å². The molecule has 3 aromatic rings. The van der Waals surface area contributed by atoms with E-state index in [9.17, 15) is 9.59 Å². The number of hydrogen-bond acceptors (Lipinski definition) is 7. The number of ether oxygens (including phenoxy) is 2. The molecule has 0 bridgehead atoms. The van der Waals surface area contributed by atoms with Gasteiger partial charge in [-0.1, -0.05) is 19.1 Å². The minimum atomic E-state index is -0.173. The van der Waals surface area contributed by atoms with E-state index in [-0.39, 0.29) is 17.7 Å². The first-order valence-electron chi connectivity index (χ1n) is 12.4. The van der Waals surface area contributed by atoms with Crippen LogP contribution in [0, 0.1) is 19.8 Å². The first kappa shape index (κ1) is 26.3. The number of thiazole rings is 1. The fraction of sp³-hybridized carbons (Fsp3) is 0.357. The molecule has 0 saturated carbocycles. The van der Waals surface area contributed by atoms with Crippen LogP contribution in [-0.2, 0) is 11.3 Å². The quantitative estimate of drug-likeness (QED) is 0.397. The zero-order valence-corrected chi connectivity index (χ0v) is 22.6. The van der Waals surface area contributed by atoms with E-state index in [0.717, 1.165) is 34.0 Å². The van der Waals surface area contributed by atoms with E-state index < -0.39 is 0 Å². The monoisotopic (exact) mass is 520 g/mol. The van der Waals surface area contributed by atoms with Crippen molar-refractivity contribution in [1.29, 1.82) is 0 Å². The number of nitrogens with one attached hydrogen (secondary N) is 1. The molecule has 2 aromatic carbocycles. The largest absolute Gasteiger partial charge is 0.493 e. The van der Waals surface area contributed by atoms with E-state index in [1.807, 2.05) is 63.2 Å². The number of hydrogen-bond donors (Lipinski definition) is 1. The van der Waals surface area contributed by atoms with E-state index in [2.05, 4.69) is 17.2 Å². The standard InChI is InChI=1S/C28H32N4O4S/c1-6-20-15-25(33)32(31-26(20)21-10-13-23(36-7-2)24(14-21)35-5)16-19-8-11-22(12-9-19)30-28(34)27-17(3)29-18(4)37-27/h8-14,20H,6-7,15-16H2,1-5H3,(H,30,34). The highest BCUT2D eigenvalue weighted by molar-refractivity contribution is 7.13. The van der Waals surface area contributed by atoms with E-state index >= 15 is 0 Å². The van der Waals surface area contributed by atoms with Gasteiger partial charge in [0.25, 0.3) is 5.91 Å². The van der Waals surface area contributed by atoms with Crippen LogP contribution >= 0.6 is 11.3 Å². The second-order valence-corrected chi connectivity index (χ2v) is 10.0. The van der Waals surface area contributed by atoms with Gasteiger partial charge in [-0.2, -0.15) is 5.10 Å². The Morgan fingerprint density at radius 1 is 1.14 bits per heavy atom. The number of methoxy groups -OCH3 is 1. The third-order valence-electron chi connectivity index (χ3n) is 6.23. The number of amides is 2. The van der Waals surface area contributed by atoms with Crippen molar-refractivity contribution in [2.45, 2.75) is 47.1 Å². The summed E-state index contributed by atoms with van der Waals surface area (Å²) in [4.78, 5) is 30.4. The van der Waals surface area contributed by atoms with Crippen LogP contribution in [0.5, 0.6) is 11.5 Å². The number of carbonyl (C=O) groups is 2. The lowest BCUT2D eigenvalue weighted by molar-refractivity contribution is -0.133. The third-order valence-corrected chi connectivity index (χ3v) is 7.30. The molecule has 2 amide bonds. The van der Waals surface area contributed by atoms with Gasteiger partial charge in [-0.3, -0.25) is 9.59 Å². The first-order chi connectivity index (χ1) is 17.8. The molecule has 194 valence electrons. The zero-order chi connectivity index (χ0) is 26.5. The van der Waals surface area contributed by atoms with Crippen molar-refractivity contribution < 1.29 is 19.1 Å². The molecule has 2 heterocycles. The van der Waals surface area contributed by atoms with Gasteiger partial charge < -0.3 is 14.8 Å². The molecular weight excluding hydrogens is 488 g/mol. The van der Waals surface area contributed by atoms with Crippen LogP contribution in [0.2, 0.25) is 0 Å². The molecule has 0 fully saturated rings. The van der Waals surface area contributed by atoms with Crippen LogP contribution in [0.3, 0.4) is 0 Å². The van der Waals surface area contributed by atoms with Gasteiger partial charge in [-0.15, -0.1) is 11.3 Å². The van der Waals surface area contributed by atoms with Crippen molar-refractivity contribution in [2.24, 2.45) is 11.0 Å². The molecule has 37 heavy (non-hydrogen) atoms. The Balaban J connectivity index is 1.52. The maximum absolute atomic E-state index is 12.9. The number of anilines is 1. The Morgan fingerprint density at radius 3 is 2.51 bits per heavy atom. The van der Waals surface area contributed by atoms with Gasteiger partial charge in [-0.25, -0.2) is 9.99 Å². The van der Waals surface area contributed by atoms with Crippen molar-refractivity contribution in [2.75, 3.05) is 19.0 Å². The highest BCUT2D eigenvalue weighted by Crippen LogP contribution is 2.32. The predicted octanol–water partition coefficient (Wildman–Crippen LogP) is 5.58. The summed E-state index contributed by atoms with van der Waals surface area (Å²) in [6.07, 6.45) is 1.20. The maximum Gasteiger partial charge on any atom is 0.267 e. The summed E-state index contributed by atoms with van der Waals surface area (Å²) in [5.74, 6) is 1.16. The molecular formula is C28H32N4O4S. The Labute approximate surface area is 221 Å². The molecule has 0 aliphatic carbocycles. The number of benzene rings is 2. The summed E-state index contributed by atoms with van der Waals surface area (Å²) in [6.45, 7) is 8.60. The normalized spacial score (nSPS) is 15.4. The zero-order valence-electron chi connectivity index (χ0n) is 21.8. The minimum absolute atomic E-state index is 0.0121. The van der Waals surface area contributed by atoms with Crippen molar-refractivity contribution in [3.63, 3.8) is 0 Å². The summed E-state index contributed by atoms with van der Waals surface area (Å²) in [6, 6.07) is 13.2. The number of hydrazone groups is 1. The number of carbonyl (C=O) groups excluding carboxylic acids is 2. The third kappa shape index (κ3) is 5.99. The van der Waals surface area contributed by atoms with Crippen LogP contribution in [0.4, 0.5) is 5.69 Å². The Bertz CT molecular complexity index is 1320. The van der Waals surface area contributed by atoms with Crippen molar-refractivity contribution in [3.05, 3.63) is 69.2 Å². The van der Waals surface area contributed by atoms with Gasteiger partial charge in [0.15, 0.2) is 11.5 Å². The molecule has 1 aliphatic rings. The predicted molar refractivity (Wildman–Crippen MR) is 146 cm³/mol. The molecule has 1 aromatic heterocycles. The molecule has 0 radical (unpaired) electrons. The summed E-state index contributed by atoms with van der Waals surface area (Å²) in [5.41, 5.74) is 4.10. The molecule has 8 nitrogen and oxygen atoms in total. The summed E-state index contributed by atoms with van der Waals surface area (Å²) in [5, 5.41) is 10.1. The lowest BCUT2D eigenvalue weighted by Gasteiger charge is -2.29. The first-order valence-corrected chi connectivity index (χ1v) is 13.2. The van der Waals surface area contributed by atoms with Crippen LogP contribution in [0.15, 0.2) is 47.6 Å². The molecule has 9 heteroatoms. The van der Waals surface area contributed by atoms with Crippen LogP contribution in [0.25, 0.3) is 0 Å². The van der Waals surface area contributed by atoms with Gasteiger partial charge in [0, 0.05) is 23.6 Å². The van der Waals surface area contributed by atoms with Crippen LogP contribution in [-0.4, -0.2) is 41.2 Å². The average molecular weight is 521 g/mol. The number of rotatable bonds is 9. The average Bonchev–Trinajstić information content (AvgIpc) is 3.24. The fourth-order valence-corrected chi connectivity index (χ4v) is 5.15. The molecule has 1 aliphatic heterocycles. The molecule has 1 N–H and O–H groups in total. The second-order valence-electron chi connectivity index (χ2n) is 8.84. The van der Waals surface area contributed by atoms with E-state index in [1.165, 1.54) is 16.3 Å². The van der Waals surface area contributed by atoms with Crippen molar-refractivity contribution >= 4 is 34.6 Å². The van der Waals surface area contributed by atoms with Gasteiger partial charge in [-0.05, 0) is 63.1 Å². The molecule has 0 spiro atoms. The molecule has 1 unspecified atom stereocenters. The van der Waals surface area contributed by atoms with E-state index in [4.69, 9.17) is 14.6 Å². The minimum Gasteiger partial charge on any atom is -0.493 e. The fourth-order valence-electron chi connectivity index (χ4n) is 4.33. The summed E-state index contributed by atoms with van der Waals surface area (Å²) in [7, 11) is 1.61. The van der Waals surface area contributed by atoms with Crippen LogP contribution < -0.4 is 14.8 Å². The Morgan fingerprint density at radius 2 is 1.89 bits per heavy atom. The maximum atomic E-state index is 12.9. The topological polar surface area (TPSA) is 93.1 Å². The molecule has 4 rings (SSSR count). The van der Waals surface area contributed by atoms with Gasteiger partial charge in [0.1, 0.15) is 4.88 Å². The highest BCUT2D eigenvalue weighted by atomic mass is 32.1. The highest BCUT2D eigenvalue weighted by Gasteiger charge is 2.30. The number of aryl methyl sites for hydroxylation is 2. The summed E-state index contributed by atoms with van der Waals surface area (Å²) < 4.78 is 11.2. The number of aromatic nitrogens is 1. The van der Waals surface area contributed by atoms with Gasteiger partial charge in [0.2, 0.25) is 5.91 Å². The Kier molecular flexibility index (Phi) is 8.23. The number of nitrogens with zero attached hydrogens (tertiary/aromatic N) is 3. The SMILES string of the molecule is CCOc1ccc(C2=NN(Cc3ccc(NC(=O)c4sc(C)nc4C)cc3)C(=O)CC2CC)cc1OC.